The molecule has 0 bridgehead atoms. The summed E-state index contributed by atoms with van der Waals surface area (Å²) in [5, 5.41) is 18.6. The van der Waals surface area contributed by atoms with Gasteiger partial charge in [-0.1, -0.05) is 18.2 Å². The number of para-hydroxylation sites is 1. The quantitative estimate of drug-likeness (QED) is 0.643. The molecule has 1 aromatic carbocycles. The largest absolute Gasteiger partial charge is 0.496 e. The molecule has 0 saturated heterocycles. The summed E-state index contributed by atoms with van der Waals surface area (Å²) in [6.07, 6.45) is -0.753. The van der Waals surface area contributed by atoms with Crippen molar-refractivity contribution >= 4 is 0 Å². The molecule has 4 heteroatoms. The van der Waals surface area contributed by atoms with Crippen molar-refractivity contribution in [1.29, 1.82) is 0 Å². The smallest absolute Gasteiger partial charge is 0.130 e. The Morgan fingerprint density at radius 1 is 1.50 bits per heavy atom. The zero-order chi connectivity index (χ0) is 10.6. The molecule has 78 valence electrons. The molecule has 1 unspecified atom stereocenters. The van der Waals surface area contributed by atoms with Crippen LogP contribution in [0.2, 0.25) is 0 Å². The first kappa shape index (κ1) is 11.0. The number of hydrogen-bond donors (Lipinski definition) is 3. The molecule has 0 aromatic heterocycles. The first-order valence-corrected chi connectivity index (χ1v) is 4.39. The van der Waals surface area contributed by atoms with Gasteiger partial charge < -0.3 is 20.7 Å². The summed E-state index contributed by atoms with van der Waals surface area (Å²) >= 11 is 0. The van der Waals surface area contributed by atoms with E-state index in [-0.39, 0.29) is 13.2 Å². The summed E-state index contributed by atoms with van der Waals surface area (Å²) in [6.45, 7) is 0.0134. The summed E-state index contributed by atoms with van der Waals surface area (Å²) in [5.74, 6) is 0.507. The van der Waals surface area contributed by atoms with E-state index in [1.165, 1.54) is 7.11 Å². The van der Waals surface area contributed by atoms with Crippen molar-refractivity contribution in [2.24, 2.45) is 5.73 Å². The number of nitrogens with two attached hydrogens (primary N) is 1. The third kappa shape index (κ3) is 2.04. The SMILES string of the molecule is COc1c(CO)cccc1C(O)CN. The predicted octanol–water partition coefficient (Wildman–Crippen LogP) is 0.180. The van der Waals surface area contributed by atoms with E-state index < -0.39 is 6.10 Å². The lowest BCUT2D eigenvalue weighted by molar-refractivity contribution is 0.181. The molecule has 0 saturated carbocycles. The lowest BCUT2D eigenvalue weighted by Crippen LogP contribution is -2.13. The van der Waals surface area contributed by atoms with Gasteiger partial charge >= 0.3 is 0 Å². The molecule has 0 heterocycles. The minimum Gasteiger partial charge on any atom is -0.496 e. The van der Waals surface area contributed by atoms with Crippen molar-refractivity contribution in [3.8, 4) is 5.75 Å². The van der Waals surface area contributed by atoms with Crippen LogP contribution in [0.5, 0.6) is 5.75 Å². The molecule has 0 spiro atoms. The minimum atomic E-state index is -0.753. The third-order valence-electron chi connectivity index (χ3n) is 2.08. The highest BCUT2D eigenvalue weighted by molar-refractivity contribution is 5.42. The van der Waals surface area contributed by atoms with E-state index in [0.29, 0.717) is 16.9 Å². The Kier molecular flexibility index (Phi) is 3.88. The second kappa shape index (κ2) is 4.95. The highest BCUT2D eigenvalue weighted by atomic mass is 16.5. The topological polar surface area (TPSA) is 75.7 Å². The van der Waals surface area contributed by atoms with Crippen LogP contribution >= 0.6 is 0 Å². The maximum Gasteiger partial charge on any atom is 0.130 e. The van der Waals surface area contributed by atoms with Crippen LogP contribution in [-0.4, -0.2) is 23.9 Å². The van der Waals surface area contributed by atoms with Crippen molar-refractivity contribution < 1.29 is 14.9 Å². The molecule has 0 fully saturated rings. The van der Waals surface area contributed by atoms with E-state index in [4.69, 9.17) is 15.6 Å². The van der Waals surface area contributed by atoms with Crippen LogP contribution in [0, 0.1) is 0 Å². The normalized spacial score (nSPS) is 12.6. The molecule has 0 aliphatic heterocycles. The van der Waals surface area contributed by atoms with E-state index >= 15 is 0 Å². The third-order valence-corrected chi connectivity index (χ3v) is 2.08. The minimum absolute atomic E-state index is 0.117. The molecule has 14 heavy (non-hydrogen) atoms. The van der Waals surface area contributed by atoms with Crippen LogP contribution in [0.25, 0.3) is 0 Å². The van der Waals surface area contributed by atoms with E-state index in [9.17, 15) is 5.11 Å². The fourth-order valence-electron chi connectivity index (χ4n) is 1.37. The molecular weight excluding hydrogens is 182 g/mol. The van der Waals surface area contributed by atoms with Crippen LogP contribution in [0.3, 0.4) is 0 Å². The summed E-state index contributed by atoms with van der Waals surface area (Å²) < 4.78 is 5.11. The van der Waals surface area contributed by atoms with Gasteiger partial charge in [0, 0.05) is 17.7 Å². The zero-order valence-electron chi connectivity index (χ0n) is 8.10. The van der Waals surface area contributed by atoms with Gasteiger partial charge in [-0.25, -0.2) is 0 Å². The number of methoxy groups -OCH3 is 1. The van der Waals surface area contributed by atoms with Gasteiger partial charge in [0.15, 0.2) is 0 Å². The number of aliphatic hydroxyl groups is 2. The van der Waals surface area contributed by atoms with Gasteiger partial charge in [0.2, 0.25) is 0 Å². The Hall–Kier alpha value is -1.10. The average molecular weight is 197 g/mol. The van der Waals surface area contributed by atoms with Gasteiger partial charge in [0.05, 0.1) is 19.8 Å². The fraction of sp³-hybridized carbons (Fsp3) is 0.400. The van der Waals surface area contributed by atoms with Crippen molar-refractivity contribution in [3.05, 3.63) is 29.3 Å². The van der Waals surface area contributed by atoms with Gasteiger partial charge in [-0.05, 0) is 0 Å². The molecule has 1 atom stereocenters. The molecule has 0 aliphatic carbocycles. The summed E-state index contributed by atoms with van der Waals surface area (Å²) in [5.41, 5.74) is 6.61. The molecule has 1 rings (SSSR count). The highest BCUT2D eigenvalue weighted by Crippen LogP contribution is 2.28. The average Bonchev–Trinajstić information content (AvgIpc) is 2.26. The molecule has 0 aliphatic rings. The van der Waals surface area contributed by atoms with Crippen LogP contribution < -0.4 is 10.5 Å². The first-order chi connectivity index (χ1) is 6.74. The second-order valence-electron chi connectivity index (χ2n) is 2.95. The van der Waals surface area contributed by atoms with E-state index in [1.807, 2.05) is 0 Å². The predicted molar refractivity (Wildman–Crippen MR) is 52.9 cm³/mol. The number of rotatable bonds is 4. The summed E-state index contributed by atoms with van der Waals surface area (Å²) in [7, 11) is 1.50. The standard InChI is InChI=1S/C10H15NO3/c1-14-10-7(6-12)3-2-4-8(10)9(13)5-11/h2-4,9,12-13H,5-6,11H2,1H3. The van der Waals surface area contributed by atoms with Gasteiger partial charge in [-0.15, -0.1) is 0 Å². The van der Waals surface area contributed by atoms with Gasteiger partial charge in [0.25, 0.3) is 0 Å². The number of benzene rings is 1. The Morgan fingerprint density at radius 2 is 2.21 bits per heavy atom. The first-order valence-electron chi connectivity index (χ1n) is 4.39. The lowest BCUT2D eigenvalue weighted by atomic mass is 10.0. The Morgan fingerprint density at radius 3 is 2.71 bits per heavy atom. The van der Waals surface area contributed by atoms with Crippen molar-refractivity contribution in [2.45, 2.75) is 12.7 Å². The lowest BCUT2D eigenvalue weighted by Gasteiger charge is -2.15. The van der Waals surface area contributed by atoms with Crippen molar-refractivity contribution in [2.75, 3.05) is 13.7 Å². The molecule has 0 radical (unpaired) electrons. The van der Waals surface area contributed by atoms with Gasteiger partial charge in [-0.3, -0.25) is 0 Å². The number of hydrogen-bond acceptors (Lipinski definition) is 4. The number of ether oxygens (including phenoxy) is 1. The van der Waals surface area contributed by atoms with E-state index in [0.717, 1.165) is 0 Å². The fourth-order valence-corrected chi connectivity index (χ4v) is 1.37. The Labute approximate surface area is 82.9 Å². The van der Waals surface area contributed by atoms with Crippen LogP contribution in [0.1, 0.15) is 17.2 Å². The molecule has 1 aromatic rings. The van der Waals surface area contributed by atoms with Crippen molar-refractivity contribution in [1.82, 2.24) is 0 Å². The maximum atomic E-state index is 9.57. The summed E-state index contributed by atoms with van der Waals surface area (Å²) in [6, 6.07) is 5.23. The molecular formula is C10H15NO3. The Balaban J connectivity index is 3.14. The van der Waals surface area contributed by atoms with E-state index in [2.05, 4.69) is 0 Å². The van der Waals surface area contributed by atoms with Crippen LogP contribution in [0.4, 0.5) is 0 Å². The summed E-state index contributed by atoms with van der Waals surface area (Å²) in [4.78, 5) is 0. The van der Waals surface area contributed by atoms with E-state index in [1.54, 1.807) is 18.2 Å². The molecule has 0 amide bonds. The second-order valence-corrected chi connectivity index (χ2v) is 2.95. The zero-order valence-corrected chi connectivity index (χ0v) is 8.10. The van der Waals surface area contributed by atoms with Gasteiger partial charge in [-0.2, -0.15) is 0 Å². The maximum absolute atomic E-state index is 9.57. The highest BCUT2D eigenvalue weighted by Gasteiger charge is 2.14. The van der Waals surface area contributed by atoms with Crippen LogP contribution in [0.15, 0.2) is 18.2 Å². The van der Waals surface area contributed by atoms with Gasteiger partial charge in [0.1, 0.15) is 5.75 Å². The van der Waals surface area contributed by atoms with Crippen LogP contribution in [-0.2, 0) is 6.61 Å². The monoisotopic (exact) mass is 197 g/mol. The molecule has 4 N–H and O–H groups in total. The number of aliphatic hydroxyl groups excluding tert-OH is 2. The molecule has 4 nitrogen and oxygen atoms in total. The Bertz CT molecular complexity index is 301. The van der Waals surface area contributed by atoms with Crippen molar-refractivity contribution in [3.63, 3.8) is 0 Å².